The summed E-state index contributed by atoms with van der Waals surface area (Å²) in [5.74, 6) is 0. The van der Waals surface area contributed by atoms with Crippen molar-refractivity contribution in [3.8, 4) is 0 Å². The van der Waals surface area contributed by atoms with E-state index in [1.165, 1.54) is 30.6 Å². The van der Waals surface area contributed by atoms with Gasteiger partial charge in [-0.05, 0) is 43.5 Å². The fourth-order valence-corrected chi connectivity index (χ4v) is 3.15. The van der Waals surface area contributed by atoms with Crippen molar-refractivity contribution in [2.75, 3.05) is 24.5 Å². The van der Waals surface area contributed by atoms with Gasteiger partial charge in [0.25, 0.3) is 0 Å². The fraction of sp³-hybridized carbons (Fsp3) is 0.368. The molecule has 0 saturated carbocycles. The minimum Gasteiger partial charge on any atom is -0.367 e. The number of anilines is 1. The van der Waals surface area contributed by atoms with Crippen molar-refractivity contribution >= 4 is 5.69 Å². The summed E-state index contributed by atoms with van der Waals surface area (Å²) in [7, 11) is 0. The largest absolute Gasteiger partial charge is 0.367 e. The van der Waals surface area contributed by atoms with Gasteiger partial charge in [0, 0.05) is 24.8 Å². The Morgan fingerprint density at radius 2 is 1.67 bits per heavy atom. The van der Waals surface area contributed by atoms with Gasteiger partial charge in [-0.1, -0.05) is 48.5 Å². The molecular weight excluding hydrogens is 256 g/mol. The highest BCUT2D eigenvalue weighted by Crippen LogP contribution is 2.24. The number of benzene rings is 2. The van der Waals surface area contributed by atoms with Crippen LogP contribution in [0.25, 0.3) is 0 Å². The molecule has 1 N–H and O–H groups in total. The molecule has 0 spiro atoms. The van der Waals surface area contributed by atoms with Crippen LogP contribution in [-0.4, -0.2) is 25.7 Å². The number of hydrogen-bond donors (Lipinski definition) is 1. The van der Waals surface area contributed by atoms with Crippen LogP contribution in [0.3, 0.4) is 0 Å². The second-order valence-electron chi connectivity index (χ2n) is 5.76. The predicted octanol–water partition coefficient (Wildman–Crippen LogP) is 3.49. The van der Waals surface area contributed by atoms with Gasteiger partial charge in [-0.3, -0.25) is 0 Å². The van der Waals surface area contributed by atoms with Gasteiger partial charge in [-0.2, -0.15) is 0 Å². The van der Waals surface area contributed by atoms with Crippen LogP contribution in [-0.2, 0) is 6.42 Å². The number of nitrogens with one attached hydrogen (secondary N) is 1. The zero-order valence-corrected chi connectivity index (χ0v) is 12.5. The Morgan fingerprint density at radius 1 is 0.952 bits per heavy atom. The molecule has 2 nitrogen and oxygen atoms in total. The zero-order valence-electron chi connectivity index (χ0n) is 12.5. The molecule has 110 valence electrons. The molecule has 0 bridgehead atoms. The summed E-state index contributed by atoms with van der Waals surface area (Å²) in [5, 5.41) is 3.63. The second kappa shape index (κ2) is 7.28. The minimum atomic E-state index is 0.642. The Kier molecular flexibility index (Phi) is 4.90. The molecule has 1 aliphatic heterocycles. The summed E-state index contributed by atoms with van der Waals surface area (Å²) < 4.78 is 0. The first-order chi connectivity index (χ1) is 10.4. The van der Waals surface area contributed by atoms with E-state index < -0.39 is 0 Å². The van der Waals surface area contributed by atoms with E-state index in [0.29, 0.717) is 6.04 Å². The van der Waals surface area contributed by atoms with Crippen molar-refractivity contribution < 1.29 is 0 Å². The van der Waals surface area contributed by atoms with E-state index in [1.54, 1.807) is 0 Å². The maximum absolute atomic E-state index is 3.63. The number of rotatable bonds is 6. The van der Waals surface area contributed by atoms with Crippen LogP contribution < -0.4 is 10.2 Å². The molecule has 1 atom stereocenters. The van der Waals surface area contributed by atoms with E-state index in [1.807, 2.05) is 0 Å². The normalized spacial score (nSPS) is 18.1. The Morgan fingerprint density at radius 3 is 2.43 bits per heavy atom. The number of nitrogens with zero attached hydrogens (tertiary/aromatic N) is 1. The van der Waals surface area contributed by atoms with Gasteiger partial charge in [-0.15, -0.1) is 0 Å². The molecule has 0 aromatic heterocycles. The fourth-order valence-electron chi connectivity index (χ4n) is 3.15. The first-order valence-corrected chi connectivity index (χ1v) is 8.00. The second-order valence-corrected chi connectivity index (χ2v) is 5.76. The van der Waals surface area contributed by atoms with Crippen LogP contribution in [0.5, 0.6) is 0 Å². The van der Waals surface area contributed by atoms with Gasteiger partial charge >= 0.3 is 0 Å². The molecule has 21 heavy (non-hydrogen) atoms. The van der Waals surface area contributed by atoms with E-state index >= 15 is 0 Å². The quantitative estimate of drug-likeness (QED) is 0.815. The first-order valence-electron chi connectivity index (χ1n) is 8.00. The Bertz CT molecular complexity index is 524. The first kappa shape index (κ1) is 14.2. The lowest BCUT2D eigenvalue weighted by Gasteiger charge is -2.27. The highest BCUT2D eigenvalue weighted by molar-refractivity contribution is 5.48. The molecule has 0 unspecified atom stereocenters. The zero-order chi connectivity index (χ0) is 14.3. The van der Waals surface area contributed by atoms with Crippen molar-refractivity contribution in [1.29, 1.82) is 0 Å². The lowest BCUT2D eigenvalue weighted by atomic mass is 10.1. The maximum Gasteiger partial charge on any atom is 0.0415 e. The average molecular weight is 280 g/mol. The van der Waals surface area contributed by atoms with Crippen LogP contribution in [0.4, 0.5) is 5.69 Å². The smallest absolute Gasteiger partial charge is 0.0415 e. The van der Waals surface area contributed by atoms with Crippen molar-refractivity contribution in [2.24, 2.45) is 0 Å². The standard InChI is InChI=1S/C19H24N2/c1-3-8-17(9-4-1)13-14-20-16-19-12-7-15-21(19)18-10-5-2-6-11-18/h1-6,8-11,19-20H,7,12-16H2/t19-/m0/s1. The highest BCUT2D eigenvalue weighted by atomic mass is 15.2. The SMILES string of the molecule is c1ccc(CCNC[C@@H]2CCCN2c2ccccc2)cc1. The molecule has 0 amide bonds. The lowest BCUT2D eigenvalue weighted by molar-refractivity contribution is 0.575. The van der Waals surface area contributed by atoms with Gasteiger partial charge in [0.2, 0.25) is 0 Å². The molecule has 1 saturated heterocycles. The van der Waals surface area contributed by atoms with Crippen LogP contribution in [0, 0.1) is 0 Å². The van der Waals surface area contributed by atoms with Crippen LogP contribution in [0.2, 0.25) is 0 Å². The molecular formula is C19H24N2. The monoisotopic (exact) mass is 280 g/mol. The van der Waals surface area contributed by atoms with Crippen molar-refractivity contribution in [2.45, 2.75) is 25.3 Å². The lowest BCUT2D eigenvalue weighted by Crippen LogP contribution is -2.38. The molecule has 2 aromatic carbocycles. The Balaban J connectivity index is 1.46. The molecule has 1 aliphatic rings. The summed E-state index contributed by atoms with van der Waals surface area (Å²) in [4.78, 5) is 2.55. The Labute approximate surface area is 127 Å². The third kappa shape index (κ3) is 3.85. The van der Waals surface area contributed by atoms with Crippen molar-refractivity contribution in [3.63, 3.8) is 0 Å². The van der Waals surface area contributed by atoms with Gasteiger partial charge in [-0.25, -0.2) is 0 Å². The molecule has 1 fully saturated rings. The summed E-state index contributed by atoms with van der Waals surface area (Å²) in [5.41, 5.74) is 2.78. The summed E-state index contributed by atoms with van der Waals surface area (Å²) in [6.07, 6.45) is 3.71. The van der Waals surface area contributed by atoms with E-state index in [2.05, 4.69) is 70.9 Å². The Hall–Kier alpha value is -1.80. The van der Waals surface area contributed by atoms with Gasteiger partial charge in [0.1, 0.15) is 0 Å². The molecule has 2 heteroatoms. The minimum absolute atomic E-state index is 0.642. The molecule has 3 rings (SSSR count). The summed E-state index contributed by atoms with van der Waals surface area (Å²) in [6, 6.07) is 22.2. The topological polar surface area (TPSA) is 15.3 Å². The van der Waals surface area contributed by atoms with Gasteiger partial charge in [0.15, 0.2) is 0 Å². The highest BCUT2D eigenvalue weighted by Gasteiger charge is 2.23. The van der Waals surface area contributed by atoms with Crippen molar-refractivity contribution in [3.05, 3.63) is 66.2 Å². The molecule has 0 radical (unpaired) electrons. The third-order valence-electron chi connectivity index (χ3n) is 4.28. The molecule has 1 heterocycles. The van der Waals surface area contributed by atoms with Gasteiger partial charge < -0.3 is 10.2 Å². The number of hydrogen-bond acceptors (Lipinski definition) is 2. The summed E-state index contributed by atoms with van der Waals surface area (Å²) in [6.45, 7) is 3.33. The number of para-hydroxylation sites is 1. The van der Waals surface area contributed by atoms with Crippen LogP contribution in [0.15, 0.2) is 60.7 Å². The third-order valence-corrected chi connectivity index (χ3v) is 4.28. The van der Waals surface area contributed by atoms with E-state index in [0.717, 1.165) is 19.5 Å². The summed E-state index contributed by atoms with van der Waals surface area (Å²) >= 11 is 0. The molecule has 0 aliphatic carbocycles. The van der Waals surface area contributed by atoms with Crippen molar-refractivity contribution in [1.82, 2.24) is 5.32 Å². The molecule has 2 aromatic rings. The van der Waals surface area contributed by atoms with Crippen LogP contribution >= 0.6 is 0 Å². The van der Waals surface area contributed by atoms with E-state index in [9.17, 15) is 0 Å². The predicted molar refractivity (Wildman–Crippen MR) is 89.8 cm³/mol. The maximum atomic E-state index is 3.63. The van der Waals surface area contributed by atoms with E-state index in [-0.39, 0.29) is 0 Å². The van der Waals surface area contributed by atoms with Gasteiger partial charge in [0.05, 0.1) is 0 Å². The average Bonchev–Trinajstić information content (AvgIpc) is 3.02. The van der Waals surface area contributed by atoms with Crippen LogP contribution in [0.1, 0.15) is 18.4 Å². The van der Waals surface area contributed by atoms with E-state index in [4.69, 9.17) is 0 Å².